The van der Waals surface area contributed by atoms with Gasteiger partial charge >= 0.3 is 5.97 Å². The molecule has 1 heterocycles. The minimum absolute atomic E-state index is 0.141. The number of esters is 1. The molecule has 0 aliphatic carbocycles. The van der Waals surface area contributed by atoms with Crippen LogP contribution in [0.1, 0.15) is 46.5 Å². The Morgan fingerprint density at radius 1 is 1.20 bits per heavy atom. The number of rotatable bonds is 7. The number of amides is 1. The van der Waals surface area contributed by atoms with Gasteiger partial charge in [0.15, 0.2) is 0 Å². The van der Waals surface area contributed by atoms with Crippen LogP contribution in [0.5, 0.6) is 0 Å². The zero-order valence-corrected chi connectivity index (χ0v) is 13.1. The molecule has 0 aromatic heterocycles. The molecule has 0 radical (unpaired) electrons. The van der Waals surface area contributed by atoms with Gasteiger partial charge in [-0.1, -0.05) is 6.92 Å². The van der Waals surface area contributed by atoms with Crippen LogP contribution in [0.15, 0.2) is 0 Å². The van der Waals surface area contributed by atoms with Gasteiger partial charge in [-0.05, 0) is 46.1 Å². The number of ether oxygens (including phenoxy) is 1. The highest BCUT2D eigenvalue weighted by Gasteiger charge is 2.27. The van der Waals surface area contributed by atoms with Crippen LogP contribution in [0.2, 0.25) is 0 Å². The highest BCUT2D eigenvalue weighted by molar-refractivity contribution is 5.82. The molecular formula is C15H28N2O3. The van der Waals surface area contributed by atoms with E-state index in [-0.39, 0.29) is 24.5 Å². The van der Waals surface area contributed by atoms with Crippen LogP contribution in [0, 0.1) is 0 Å². The topological polar surface area (TPSA) is 49.9 Å². The van der Waals surface area contributed by atoms with Gasteiger partial charge in [0.1, 0.15) is 0 Å². The fourth-order valence-corrected chi connectivity index (χ4v) is 2.60. The molecule has 5 heteroatoms. The van der Waals surface area contributed by atoms with Gasteiger partial charge in [-0.3, -0.25) is 14.5 Å². The standard InChI is InChI=1S/C15H28N2O3/c1-4-9-17(12-14(18)20-5-2)13(3)15(19)16-10-7-6-8-11-16/h13H,4-12H2,1-3H3. The van der Waals surface area contributed by atoms with Crippen LogP contribution in [0.3, 0.4) is 0 Å². The monoisotopic (exact) mass is 284 g/mol. The van der Waals surface area contributed by atoms with Gasteiger partial charge in [0.25, 0.3) is 0 Å². The summed E-state index contributed by atoms with van der Waals surface area (Å²) in [6.07, 6.45) is 4.30. The van der Waals surface area contributed by atoms with Crippen LogP contribution in [-0.2, 0) is 14.3 Å². The number of carbonyl (C=O) groups is 2. The molecule has 116 valence electrons. The smallest absolute Gasteiger partial charge is 0.320 e. The first-order chi connectivity index (χ1) is 9.60. The van der Waals surface area contributed by atoms with E-state index in [1.54, 1.807) is 6.92 Å². The van der Waals surface area contributed by atoms with Crippen molar-refractivity contribution in [1.82, 2.24) is 9.80 Å². The van der Waals surface area contributed by atoms with E-state index in [1.165, 1.54) is 6.42 Å². The van der Waals surface area contributed by atoms with Gasteiger partial charge in [-0.2, -0.15) is 0 Å². The van der Waals surface area contributed by atoms with Gasteiger partial charge in [-0.15, -0.1) is 0 Å². The Hall–Kier alpha value is -1.10. The minimum Gasteiger partial charge on any atom is -0.465 e. The molecule has 1 aliphatic heterocycles. The zero-order chi connectivity index (χ0) is 15.0. The summed E-state index contributed by atoms with van der Waals surface area (Å²) in [4.78, 5) is 28.0. The van der Waals surface area contributed by atoms with Crippen molar-refractivity contribution in [2.24, 2.45) is 0 Å². The van der Waals surface area contributed by atoms with Crippen molar-refractivity contribution in [1.29, 1.82) is 0 Å². The van der Waals surface area contributed by atoms with Crippen LogP contribution < -0.4 is 0 Å². The Labute approximate surface area is 122 Å². The second-order valence-corrected chi connectivity index (χ2v) is 5.34. The van der Waals surface area contributed by atoms with Crippen LogP contribution >= 0.6 is 0 Å². The predicted octanol–water partition coefficient (Wildman–Crippen LogP) is 1.66. The Kier molecular flexibility index (Phi) is 7.59. The lowest BCUT2D eigenvalue weighted by Crippen LogP contribution is -2.50. The van der Waals surface area contributed by atoms with Crippen LogP contribution in [0.25, 0.3) is 0 Å². The maximum absolute atomic E-state index is 12.5. The molecule has 1 aliphatic rings. The van der Waals surface area contributed by atoms with E-state index in [0.717, 1.165) is 38.9 Å². The van der Waals surface area contributed by atoms with Crippen molar-refractivity contribution in [2.45, 2.75) is 52.5 Å². The average molecular weight is 284 g/mol. The molecule has 1 saturated heterocycles. The lowest BCUT2D eigenvalue weighted by atomic mass is 10.1. The van der Waals surface area contributed by atoms with Gasteiger partial charge < -0.3 is 9.64 Å². The minimum atomic E-state index is -0.252. The molecule has 1 atom stereocenters. The summed E-state index contributed by atoms with van der Waals surface area (Å²) < 4.78 is 4.99. The number of hydrogen-bond donors (Lipinski definition) is 0. The molecule has 0 bridgehead atoms. The van der Waals surface area contributed by atoms with Crippen molar-refractivity contribution in [3.8, 4) is 0 Å². The van der Waals surface area contributed by atoms with Crippen molar-refractivity contribution < 1.29 is 14.3 Å². The highest BCUT2D eigenvalue weighted by atomic mass is 16.5. The van der Waals surface area contributed by atoms with Gasteiger partial charge in [0.2, 0.25) is 5.91 Å². The lowest BCUT2D eigenvalue weighted by molar-refractivity contribution is -0.147. The summed E-state index contributed by atoms with van der Waals surface area (Å²) in [6.45, 7) is 8.76. The van der Waals surface area contributed by atoms with E-state index in [9.17, 15) is 9.59 Å². The van der Waals surface area contributed by atoms with Gasteiger partial charge in [0.05, 0.1) is 19.2 Å². The van der Waals surface area contributed by atoms with Crippen molar-refractivity contribution in [3.05, 3.63) is 0 Å². The van der Waals surface area contributed by atoms with E-state index < -0.39 is 0 Å². The molecule has 0 aromatic rings. The van der Waals surface area contributed by atoms with Crippen LogP contribution in [-0.4, -0.2) is 60.5 Å². The molecule has 1 unspecified atom stereocenters. The van der Waals surface area contributed by atoms with Crippen molar-refractivity contribution in [3.63, 3.8) is 0 Å². The third kappa shape index (κ3) is 5.12. The summed E-state index contributed by atoms with van der Waals surface area (Å²) in [6, 6.07) is -0.252. The third-order valence-corrected chi connectivity index (χ3v) is 3.72. The third-order valence-electron chi connectivity index (χ3n) is 3.72. The summed E-state index contributed by atoms with van der Waals surface area (Å²) in [5, 5.41) is 0. The average Bonchev–Trinajstić information content (AvgIpc) is 2.46. The Morgan fingerprint density at radius 2 is 1.85 bits per heavy atom. The number of carbonyl (C=O) groups excluding carboxylic acids is 2. The fraction of sp³-hybridized carbons (Fsp3) is 0.867. The van der Waals surface area contributed by atoms with E-state index in [4.69, 9.17) is 4.74 Å². The van der Waals surface area contributed by atoms with E-state index in [0.29, 0.717) is 6.61 Å². The lowest BCUT2D eigenvalue weighted by Gasteiger charge is -2.34. The van der Waals surface area contributed by atoms with Gasteiger partial charge in [-0.25, -0.2) is 0 Å². The molecule has 0 saturated carbocycles. The normalized spacial score (nSPS) is 17.1. The number of likely N-dealkylation sites (tertiary alicyclic amines) is 1. The summed E-state index contributed by atoms with van der Waals surface area (Å²) in [5.41, 5.74) is 0. The molecule has 0 N–H and O–H groups in total. The summed E-state index contributed by atoms with van der Waals surface area (Å²) >= 11 is 0. The first kappa shape index (κ1) is 17.0. The number of hydrogen-bond acceptors (Lipinski definition) is 4. The molecule has 0 spiro atoms. The second-order valence-electron chi connectivity index (χ2n) is 5.34. The summed E-state index contributed by atoms with van der Waals surface area (Å²) in [5.74, 6) is -0.110. The predicted molar refractivity (Wildman–Crippen MR) is 78.4 cm³/mol. The van der Waals surface area contributed by atoms with E-state index in [1.807, 2.05) is 16.7 Å². The molecule has 1 rings (SSSR count). The van der Waals surface area contributed by atoms with E-state index >= 15 is 0 Å². The number of piperidine rings is 1. The summed E-state index contributed by atoms with van der Waals surface area (Å²) in [7, 11) is 0. The zero-order valence-electron chi connectivity index (χ0n) is 13.1. The van der Waals surface area contributed by atoms with E-state index in [2.05, 4.69) is 6.92 Å². The Balaban J connectivity index is 2.59. The quantitative estimate of drug-likeness (QED) is 0.667. The molecule has 20 heavy (non-hydrogen) atoms. The molecule has 1 fully saturated rings. The SMILES string of the molecule is CCCN(CC(=O)OCC)C(C)C(=O)N1CCCCC1. The van der Waals surface area contributed by atoms with Crippen molar-refractivity contribution in [2.75, 3.05) is 32.8 Å². The van der Waals surface area contributed by atoms with Crippen molar-refractivity contribution >= 4 is 11.9 Å². The molecular weight excluding hydrogens is 256 g/mol. The number of nitrogens with zero attached hydrogens (tertiary/aromatic N) is 2. The van der Waals surface area contributed by atoms with Gasteiger partial charge in [0, 0.05) is 13.1 Å². The molecule has 1 amide bonds. The first-order valence-corrected chi connectivity index (χ1v) is 7.78. The maximum atomic E-state index is 12.5. The Morgan fingerprint density at radius 3 is 2.40 bits per heavy atom. The first-order valence-electron chi connectivity index (χ1n) is 7.78. The maximum Gasteiger partial charge on any atom is 0.320 e. The molecule has 0 aromatic carbocycles. The highest BCUT2D eigenvalue weighted by Crippen LogP contribution is 2.13. The molecule has 5 nitrogen and oxygen atoms in total. The fourth-order valence-electron chi connectivity index (χ4n) is 2.60. The Bertz CT molecular complexity index is 314. The van der Waals surface area contributed by atoms with Crippen LogP contribution in [0.4, 0.5) is 0 Å². The second kappa shape index (κ2) is 8.95. The largest absolute Gasteiger partial charge is 0.465 e.